The van der Waals surface area contributed by atoms with Gasteiger partial charge >= 0.3 is 0 Å². The Kier molecular flexibility index (Phi) is 6.59. The molecule has 0 fully saturated rings. The molecular formula is C32H29N3O2S. The van der Waals surface area contributed by atoms with E-state index in [0.717, 1.165) is 32.5 Å². The zero-order valence-electron chi connectivity index (χ0n) is 21.8. The summed E-state index contributed by atoms with van der Waals surface area (Å²) in [5.41, 5.74) is 11.9. The third-order valence-corrected chi connectivity index (χ3v) is 7.65. The maximum absolute atomic E-state index is 13.7. The van der Waals surface area contributed by atoms with Gasteiger partial charge in [0.1, 0.15) is 5.00 Å². The summed E-state index contributed by atoms with van der Waals surface area (Å²) in [7, 11) is 0. The summed E-state index contributed by atoms with van der Waals surface area (Å²) in [5.74, 6) is -0.900. The van der Waals surface area contributed by atoms with Crippen molar-refractivity contribution in [3.8, 4) is 22.4 Å². The van der Waals surface area contributed by atoms with Gasteiger partial charge in [-0.3, -0.25) is 9.59 Å². The van der Waals surface area contributed by atoms with Crippen molar-refractivity contribution in [3.05, 3.63) is 106 Å². The molecule has 5 aromatic rings. The first-order chi connectivity index (χ1) is 18.1. The van der Waals surface area contributed by atoms with Crippen LogP contribution in [0.1, 0.15) is 51.9 Å². The number of para-hydroxylation sites is 1. The number of rotatable bonds is 5. The van der Waals surface area contributed by atoms with Gasteiger partial charge in [0.25, 0.3) is 11.8 Å². The fraction of sp³-hybridized carbons (Fsp3) is 0.156. The molecule has 38 heavy (non-hydrogen) atoms. The number of pyridine rings is 1. The van der Waals surface area contributed by atoms with Crippen LogP contribution < -0.4 is 11.1 Å². The van der Waals surface area contributed by atoms with Crippen molar-refractivity contribution >= 4 is 39.1 Å². The van der Waals surface area contributed by atoms with Crippen molar-refractivity contribution in [1.29, 1.82) is 0 Å². The summed E-state index contributed by atoms with van der Waals surface area (Å²) in [6, 6.07) is 27.3. The Morgan fingerprint density at radius 3 is 2.18 bits per heavy atom. The summed E-state index contributed by atoms with van der Waals surface area (Å²) >= 11 is 1.35. The van der Waals surface area contributed by atoms with Gasteiger partial charge < -0.3 is 11.1 Å². The maximum Gasteiger partial charge on any atom is 0.257 e. The fourth-order valence-corrected chi connectivity index (χ4v) is 5.72. The SMILES string of the molecule is Cc1sc(NC(=O)c2cc(-c3ccccc3)nc3ccccc23)c(C(N)=O)c1-c1ccc(C(C)(C)C)cc1. The van der Waals surface area contributed by atoms with Gasteiger partial charge in [-0.05, 0) is 35.6 Å². The third-order valence-electron chi connectivity index (χ3n) is 6.63. The number of anilines is 1. The summed E-state index contributed by atoms with van der Waals surface area (Å²) in [6.45, 7) is 8.42. The van der Waals surface area contributed by atoms with Gasteiger partial charge in [0, 0.05) is 21.4 Å². The van der Waals surface area contributed by atoms with E-state index in [2.05, 4.69) is 38.2 Å². The second-order valence-corrected chi connectivity index (χ2v) is 11.5. The number of benzene rings is 3. The number of carbonyl (C=O) groups excluding carboxylic acids is 2. The zero-order valence-corrected chi connectivity index (χ0v) is 22.6. The van der Waals surface area contributed by atoms with Crippen molar-refractivity contribution in [3.63, 3.8) is 0 Å². The van der Waals surface area contributed by atoms with Crippen LogP contribution in [-0.2, 0) is 5.41 Å². The number of hydrogen-bond donors (Lipinski definition) is 2. The normalized spacial score (nSPS) is 11.5. The number of fused-ring (bicyclic) bond motifs is 1. The van der Waals surface area contributed by atoms with E-state index in [1.54, 1.807) is 6.07 Å². The highest BCUT2D eigenvalue weighted by Gasteiger charge is 2.24. The Hall–Kier alpha value is -4.29. The van der Waals surface area contributed by atoms with E-state index in [1.165, 1.54) is 16.9 Å². The molecule has 5 rings (SSSR count). The van der Waals surface area contributed by atoms with Crippen molar-refractivity contribution in [2.45, 2.75) is 33.1 Å². The summed E-state index contributed by atoms with van der Waals surface area (Å²) in [5, 5.41) is 4.17. The third kappa shape index (κ3) is 4.83. The quantitative estimate of drug-likeness (QED) is 0.251. The second kappa shape index (κ2) is 9.88. The van der Waals surface area contributed by atoms with Gasteiger partial charge in [-0.1, -0.05) is 93.6 Å². The zero-order chi connectivity index (χ0) is 27.0. The van der Waals surface area contributed by atoms with Crippen LogP contribution in [-0.4, -0.2) is 16.8 Å². The average Bonchev–Trinajstić information content (AvgIpc) is 3.23. The number of aryl methyl sites for hydroxylation is 1. The number of amides is 2. The van der Waals surface area contributed by atoms with E-state index >= 15 is 0 Å². The molecule has 3 aromatic carbocycles. The Bertz CT molecular complexity index is 1660. The van der Waals surface area contributed by atoms with Crippen LogP contribution in [0, 0.1) is 6.92 Å². The van der Waals surface area contributed by atoms with Crippen LogP contribution in [0.5, 0.6) is 0 Å². The van der Waals surface area contributed by atoms with E-state index < -0.39 is 5.91 Å². The van der Waals surface area contributed by atoms with Crippen LogP contribution >= 0.6 is 11.3 Å². The highest BCUT2D eigenvalue weighted by molar-refractivity contribution is 7.17. The molecule has 0 spiro atoms. The Morgan fingerprint density at radius 1 is 0.868 bits per heavy atom. The highest BCUT2D eigenvalue weighted by atomic mass is 32.1. The topological polar surface area (TPSA) is 85.1 Å². The number of hydrogen-bond acceptors (Lipinski definition) is 4. The van der Waals surface area contributed by atoms with Gasteiger partial charge in [-0.2, -0.15) is 0 Å². The second-order valence-electron chi connectivity index (χ2n) is 10.3. The van der Waals surface area contributed by atoms with E-state index in [0.29, 0.717) is 21.8 Å². The van der Waals surface area contributed by atoms with E-state index in [1.807, 2.05) is 73.7 Å². The molecule has 190 valence electrons. The molecule has 0 saturated carbocycles. The van der Waals surface area contributed by atoms with Gasteiger partial charge in [0.2, 0.25) is 0 Å². The lowest BCUT2D eigenvalue weighted by molar-refractivity contribution is 0.100. The predicted octanol–water partition coefficient (Wildman–Crippen LogP) is 7.59. The number of carbonyl (C=O) groups is 2. The maximum atomic E-state index is 13.7. The van der Waals surface area contributed by atoms with Crippen molar-refractivity contribution < 1.29 is 9.59 Å². The smallest absolute Gasteiger partial charge is 0.257 e. The molecule has 5 nitrogen and oxygen atoms in total. The lowest BCUT2D eigenvalue weighted by Gasteiger charge is -2.19. The first-order valence-electron chi connectivity index (χ1n) is 12.4. The molecule has 2 heterocycles. The standard InChI is InChI=1S/C32H29N3O2S/c1-19-27(21-14-16-22(17-15-21)32(2,3)4)28(29(33)36)31(38-19)35-30(37)24-18-26(20-10-6-5-7-11-20)34-25-13-9-8-12-23(24)25/h5-18H,1-4H3,(H2,33,36)(H,35,37). The molecule has 0 aliphatic heterocycles. The van der Waals surface area contributed by atoms with E-state index in [-0.39, 0.29) is 11.3 Å². The van der Waals surface area contributed by atoms with Crippen molar-refractivity contribution in [2.75, 3.05) is 5.32 Å². The monoisotopic (exact) mass is 519 g/mol. The lowest BCUT2D eigenvalue weighted by Crippen LogP contribution is -2.18. The van der Waals surface area contributed by atoms with Gasteiger partial charge in [-0.25, -0.2) is 4.98 Å². The van der Waals surface area contributed by atoms with Crippen LogP contribution in [0.3, 0.4) is 0 Å². The molecule has 0 unspecified atom stereocenters. The molecule has 0 atom stereocenters. The van der Waals surface area contributed by atoms with E-state index in [9.17, 15) is 9.59 Å². The number of primary amides is 1. The molecular weight excluding hydrogens is 490 g/mol. The summed E-state index contributed by atoms with van der Waals surface area (Å²) in [6.07, 6.45) is 0. The Labute approximate surface area is 226 Å². The minimum atomic E-state index is -0.580. The Morgan fingerprint density at radius 2 is 1.53 bits per heavy atom. The molecule has 0 aliphatic carbocycles. The highest BCUT2D eigenvalue weighted by Crippen LogP contribution is 2.40. The van der Waals surface area contributed by atoms with Crippen LogP contribution in [0.4, 0.5) is 5.00 Å². The number of nitrogens with zero attached hydrogens (tertiary/aromatic N) is 1. The minimum Gasteiger partial charge on any atom is -0.365 e. The summed E-state index contributed by atoms with van der Waals surface area (Å²) < 4.78 is 0. The molecule has 6 heteroatoms. The molecule has 3 N–H and O–H groups in total. The first-order valence-corrected chi connectivity index (χ1v) is 13.3. The lowest BCUT2D eigenvalue weighted by atomic mass is 9.86. The fourth-order valence-electron chi connectivity index (χ4n) is 4.64. The molecule has 0 radical (unpaired) electrons. The van der Waals surface area contributed by atoms with Gasteiger partial charge in [0.15, 0.2) is 0 Å². The van der Waals surface area contributed by atoms with Gasteiger partial charge in [0.05, 0.1) is 22.3 Å². The Balaban J connectivity index is 1.57. The van der Waals surface area contributed by atoms with Crippen molar-refractivity contribution in [2.24, 2.45) is 5.73 Å². The van der Waals surface area contributed by atoms with Gasteiger partial charge in [-0.15, -0.1) is 11.3 Å². The first kappa shape index (κ1) is 25.4. The average molecular weight is 520 g/mol. The van der Waals surface area contributed by atoms with Crippen LogP contribution in [0.15, 0.2) is 84.9 Å². The number of aromatic nitrogens is 1. The molecule has 0 bridgehead atoms. The molecule has 0 aliphatic rings. The number of thiophene rings is 1. The minimum absolute atomic E-state index is 0.0137. The number of nitrogens with two attached hydrogens (primary N) is 1. The molecule has 2 amide bonds. The predicted molar refractivity (Wildman–Crippen MR) is 157 cm³/mol. The van der Waals surface area contributed by atoms with E-state index in [4.69, 9.17) is 10.7 Å². The van der Waals surface area contributed by atoms with Crippen molar-refractivity contribution in [1.82, 2.24) is 4.98 Å². The number of nitrogens with one attached hydrogen (secondary N) is 1. The molecule has 0 saturated heterocycles. The largest absolute Gasteiger partial charge is 0.365 e. The van der Waals surface area contributed by atoms with Crippen LogP contribution in [0.2, 0.25) is 0 Å². The van der Waals surface area contributed by atoms with Crippen LogP contribution in [0.25, 0.3) is 33.3 Å². The molecule has 2 aromatic heterocycles. The summed E-state index contributed by atoms with van der Waals surface area (Å²) in [4.78, 5) is 32.1.